The summed E-state index contributed by atoms with van der Waals surface area (Å²) in [7, 11) is 0. The molecule has 0 spiro atoms. The number of hydrogen-bond donors (Lipinski definition) is 2. The van der Waals surface area contributed by atoms with Gasteiger partial charge in [-0.1, -0.05) is 0 Å². The van der Waals surface area contributed by atoms with E-state index in [4.69, 9.17) is 9.84 Å². The Morgan fingerprint density at radius 2 is 1.88 bits per heavy atom. The highest BCUT2D eigenvalue weighted by molar-refractivity contribution is 5.79. The fraction of sp³-hybridized carbons (Fsp3) is 0.0526. The smallest absolute Gasteiger partial charge is 0.457 e. The Morgan fingerprint density at radius 3 is 2.59 bits per heavy atom. The summed E-state index contributed by atoms with van der Waals surface area (Å²) in [4.78, 5) is 29.7. The average molecular weight is 450 g/mol. The molecule has 0 amide bonds. The van der Waals surface area contributed by atoms with Crippen molar-refractivity contribution in [2.75, 3.05) is 0 Å². The van der Waals surface area contributed by atoms with E-state index < -0.39 is 35.0 Å². The van der Waals surface area contributed by atoms with Crippen LogP contribution in [-0.2, 0) is 6.18 Å². The maximum absolute atomic E-state index is 13.6. The van der Waals surface area contributed by atoms with Crippen molar-refractivity contribution in [3.63, 3.8) is 0 Å². The number of rotatable bonds is 4. The lowest BCUT2D eigenvalue weighted by molar-refractivity contribution is -0.137. The van der Waals surface area contributed by atoms with E-state index in [1.165, 1.54) is 24.4 Å². The van der Waals surface area contributed by atoms with Gasteiger partial charge in [-0.15, -0.1) is 0 Å². The lowest BCUT2D eigenvalue weighted by atomic mass is 10.2. The van der Waals surface area contributed by atoms with Gasteiger partial charge in [-0.05, 0) is 30.3 Å². The first-order chi connectivity index (χ1) is 15.1. The molecule has 0 saturated carbocycles. The molecule has 4 aromatic rings. The highest BCUT2D eigenvalue weighted by atomic mass is 19.4. The second-order valence-corrected chi connectivity index (χ2v) is 6.33. The van der Waals surface area contributed by atoms with Gasteiger partial charge in [0.15, 0.2) is 5.75 Å². The largest absolute Gasteiger partial charge is 0.511 e. The number of halogens is 4. The molecule has 2 aromatic heterocycles. The van der Waals surface area contributed by atoms with E-state index in [0.29, 0.717) is 12.1 Å². The molecule has 0 atom stereocenters. The second kappa shape index (κ2) is 7.68. The number of aromatic amines is 1. The summed E-state index contributed by atoms with van der Waals surface area (Å²) >= 11 is 0. The SMILES string of the molecule is O=C(O)Oc1cnn(-c2nc3ccc(Oc4cc(F)cc(C(F)(F)F)c4)cc3c(=O)[nH]2)c1. The number of H-pyrrole nitrogens is 1. The highest BCUT2D eigenvalue weighted by Gasteiger charge is 2.31. The summed E-state index contributed by atoms with van der Waals surface area (Å²) in [6, 6.07) is 5.67. The van der Waals surface area contributed by atoms with E-state index in [-0.39, 0.29) is 28.4 Å². The molecular weight excluding hydrogens is 440 g/mol. The normalized spacial score (nSPS) is 11.5. The van der Waals surface area contributed by atoms with Crippen LogP contribution in [-0.4, -0.2) is 31.0 Å². The Balaban J connectivity index is 1.66. The molecule has 13 heteroatoms. The maximum Gasteiger partial charge on any atom is 0.511 e. The van der Waals surface area contributed by atoms with Gasteiger partial charge in [0.05, 0.1) is 28.9 Å². The molecule has 2 heterocycles. The minimum Gasteiger partial charge on any atom is -0.457 e. The van der Waals surface area contributed by atoms with Crippen molar-refractivity contribution < 1.29 is 36.9 Å². The van der Waals surface area contributed by atoms with Gasteiger partial charge in [-0.3, -0.25) is 9.78 Å². The minimum atomic E-state index is -4.76. The highest BCUT2D eigenvalue weighted by Crippen LogP contribution is 2.34. The fourth-order valence-corrected chi connectivity index (χ4v) is 2.77. The predicted molar refractivity (Wildman–Crippen MR) is 99.6 cm³/mol. The third kappa shape index (κ3) is 4.35. The molecule has 2 aromatic carbocycles. The van der Waals surface area contributed by atoms with Gasteiger partial charge in [0.2, 0.25) is 5.95 Å². The number of carboxylic acid groups (broad SMARTS) is 1. The molecule has 0 aliphatic carbocycles. The predicted octanol–water partition coefficient (Wildman–Crippen LogP) is 4.12. The van der Waals surface area contributed by atoms with E-state index in [9.17, 15) is 27.2 Å². The number of aromatic nitrogens is 4. The van der Waals surface area contributed by atoms with Gasteiger partial charge in [0.1, 0.15) is 17.3 Å². The number of benzene rings is 2. The Labute approximate surface area is 174 Å². The van der Waals surface area contributed by atoms with Crippen molar-refractivity contribution in [3.05, 3.63) is 70.5 Å². The van der Waals surface area contributed by atoms with Crippen LogP contribution in [0.4, 0.5) is 22.4 Å². The zero-order valence-corrected chi connectivity index (χ0v) is 15.6. The molecule has 0 fully saturated rings. The number of nitrogens with one attached hydrogen (secondary N) is 1. The molecule has 0 unspecified atom stereocenters. The van der Waals surface area contributed by atoms with Crippen molar-refractivity contribution in [2.24, 2.45) is 0 Å². The zero-order chi connectivity index (χ0) is 23.0. The van der Waals surface area contributed by atoms with Crippen LogP contribution in [0.3, 0.4) is 0 Å². The standard InChI is InChI=1S/C19H10F4N4O5/c20-10-3-9(19(21,22)23)4-12(5-10)31-11-1-2-15-14(6-11)16(28)26-17(25-15)27-8-13(7-24-27)32-18(29)30/h1-8H,(H,29,30)(H,25,26,28). The number of fused-ring (bicyclic) bond motifs is 1. The summed E-state index contributed by atoms with van der Waals surface area (Å²) in [5.41, 5.74) is -1.67. The van der Waals surface area contributed by atoms with Gasteiger partial charge in [0, 0.05) is 6.07 Å². The van der Waals surface area contributed by atoms with E-state index >= 15 is 0 Å². The van der Waals surface area contributed by atoms with E-state index in [0.717, 1.165) is 16.9 Å². The topological polar surface area (TPSA) is 119 Å². The van der Waals surface area contributed by atoms with Gasteiger partial charge in [-0.2, -0.15) is 18.3 Å². The zero-order valence-electron chi connectivity index (χ0n) is 15.6. The van der Waals surface area contributed by atoms with Crippen LogP contribution >= 0.6 is 0 Å². The number of carbonyl (C=O) groups is 1. The van der Waals surface area contributed by atoms with Crippen molar-refractivity contribution in [1.82, 2.24) is 19.7 Å². The summed E-state index contributed by atoms with van der Waals surface area (Å²) in [6.45, 7) is 0. The fourth-order valence-electron chi connectivity index (χ4n) is 2.77. The van der Waals surface area contributed by atoms with Crippen LogP contribution in [0.15, 0.2) is 53.6 Å². The number of hydrogen-bond acceptors (Lipinski definition) is 6. The van der Waals surface area contributed by atoms with Crippen LogP contribution in [0.25, 0.3) is 16.9 Å². The van der Waals surface area contributed by atoms with E-state index in [1.807, 2.05) is 0 Å². The molecule has 0 bridgehead atoms. The third-order valence-corrected chi connectivity index (χ3v) is 4.08. The first-order valence-corrected chi connectivity index (χ1v) is 8.64. The molecule has 164 valence electrons. The molecule has 2 N–H and O–H groups in total. The van der Waals surface area contributed by atoms with Crippen LogP contribution in [0, 0.1) is 5.82 Å². The molecule has 9 nitrogen and oxygen atoms in total. The Morgan fingerprint density at radius 1 is 1.09 bits per heavy atom. The van der Waals surface area contributed by atoms with E-state index in [1.54, 1.807) is 0 Å². The van der Waals surface area contributed by atoms with Crippen molar-refractivity contribution in [1.29, 1.82) is 0 Å². The van der Waals surface area contributed by atoms with Crippen LogP contribution in [0.2, 0.25) is 0 Å². The Bertz CT molecular complexity index is 1400. The molecule has 4 rings (SSSR count). The molecule has 0 saturated heterocycles. The lowest BCUT2D eigenvalue weighted by Crippen LogP contribution is -2.13. The summed E-state index contributed by atoms with van der Waals surface area (Å²) < 4.78 is 63.0. The molecule has 0 aliphatic rings. The Kier molecular flexibility index (Phi) is 5.00. The first kappa shape index (κ1) is 20.8. The van der Waals surface area contributed by atoms with Gasteiger partial charge < -0.3 is 14.6 Å². The number of ether oxygens (including phenoxy) is 2. The van der Waals surface area contributed by atoms with E-state index in [2.05, 4.69) is 19.8 Å². The van der Waals surface area contributed by atoms with Gasteiger partial charge >= 0.3 is 12.3 Å². The maximum atomic E-state index is 13.6. The molecule has 0 radical (unpaired) electrons. The van der Waals surface area contributed by atoms with Crippen LogP contribution < -0.4 is 15.0 Å². The molecule has 32 heavy (non-hydrogen) atoms. The minimum absolute atomic E-state index is 0.0208. The second-order valence-electron chi connectivity index (χ2n) is 6.33. The summed E-state index contributed by atoms with van der Waals surface area (Å²) in [6.07, 6.45) is -4.03. The van der Waals surface area contributed by atoms with Crippen LogP contribution in [0.1, 0.15) is 5.56 Å². The average Bonchev–Trinajstić information content (AvgIpc) is 3.15. The molecular formula is C19H10F4N4O5. The number of nitrogens with zero attached hydrogens (tertiary/aromatic N) is 3. The van der Waals surface area contributed by atoms with Crippen LogP contribution in [0.5, 0.6) is 17.2 Å². The van der Waals surface area contributed by atoms with Crippen molar-refractivity contribution in [3.8, 4) is 23.2 Å². The molecule has 0 aliphatic heterocycles. The monoisotopic (exact) mass is 450 g/mol. The third-order valence-electron chi connectivity index (χ3n) is 4.08. The van der Waals surface area contributed by atoms with Crippen molar-refractivity contribution in [2.45, 2.75) is 6.18 Å². The Hall–Kier alpha value is -4.42. The van der Waals surface area contributed by atoms with Crippen molar-refractivity contribution >= 4 is 17.1 Å². The summed E-state index contributed by atoms with van der Waals surface area (Å²) in [5, 5.41) is 12.5. The summed E-state index contributed by atoms with van der Waals surface area (Å²) in [5.74, 6) is -1.70. The van der Waals surface area contributed by atoms with Gasteiger partial charge in [-0.25, -0.2) is 18.9 Å². The number of alkyl halides is 3. The van der Waals surface area contributed by atoms with Gasteiger partial charge in [0.25, 0.3) is 5.56 Å². The lowest BCUT2D eigenvalue weighted by Gasteiger charge is -2.11. The quantitative estimate of drug-likeness (QED) is 0.355. The first-order valence-electron chi connectivity index (χ1n) is 8.64.